The number of aryl methyl sites for hydroxylation is 1. The number of para-hydroxylation sites is 1. The average Bonchev–Trinajstić information content (AvgIpc) is 2.48. The van der Waals surface area contributed by atoms with Crippen molar-refractivity contribution in [3.8, 4) is 5.75 Å². The van der Waals surface area contributed by atoms with E-state index in [1.165, 1.54) is 0 Å². The lowest BCUT2D eigenvalue weighted by Gasteiger charge is -2.13. The van der Waals surface area contributed by atoms with E-state index in [1.807, 2.05) is 30.5 Å². The molecule has 0 bridgehead atoms. The Morgan fingerprint density at radius 2 is 2.19 bits per heavy atom. The summed E-state index contributed by atoms with van der Waals surface area (Å²) in [5, 5.41) is 2.60. The van der Waals surface area contributed by atoms with Crippen LogP contribution in [0.2, 0.25) is 0 Å². The minimum absolute atomic E-state index is 0.293. The zero-order valence-corrected chi connectivity index (χ0v) is 13.0. The predicted molar refractivity (Wildman–Crippen MR) is 83.8 cm³/mol. The van der Waals surface area contributed by atoms with Crippen LogP contribution in [0.1, 0.15) is 11.3 Å². The molecule has 0 spiro atoms. The molecular weight excluding hydrogens is 336 g/mol. The second kappa shape index (κ2) is 7.05. The first-order valence-corrected chi connectivity index (χ1v) is 7.00. The van der Waals surface area contributed by atoms with Gasteiger partial charge in [0.2, 0.25) is 0 Å². The molecule has 4 N–H and O–H groups in total. The average molecular weight is 351 g/mol. The number of nitrogens with two attached hydrogens (primary N) is 1. The van der Waals surface area contributed by atoms with Gasteiger partial charge in [0.15, 0.2) is 5.75 Å². The molecule has 0 saturated carbocycles. The van der Waals surface area contributed by atoms with Gasteiger partial charge in [-0.3, -0.25) is 10.4 Å². The Labute approximate surface area is 130 Å². The van der Waals surface area contributed by atoms with E-state index in [2.05, 4.69) is 26.2 Å². The molecule has 110 valence electrons. The minimum Gasteiger partial charge on any atom is -0.484 e. The van der Waals surface area contributed by atoms with Crippen molar-refractivity contribution in [1.29, 1.82) is 0 Å². The van der Waals surface area contributed by atoms with Crippen LogP contribution in [0, 0.1) is 6.92 Å². The molecule has 0 radical (unpaired) electrons. The van der Waals surface area contributed by atoms with Crippen LogP contribution in [0.15, 0.2) is 41.0 Å². The summed E-state index contributed by atoms with van der Waals surface area (Å²) < 4.78 is 6.47. The van der Waals surface area contributed by atoms with Crippen molar-refractivity contribution in [2.24, 2.45) is 5.84 Å². The summed E-state index contributed by atoms with van der Waals surface area (Å²) in [6.07, 6.45) is 1.78. The number of anilines is 1. The number of pyridine rings is 1. The van der Waals surface area contributed by atoms with Gasteiger partial charge in [-0.05, 0) is 46.6 Å². The third-order valence-electron chi connectivity index (χ3n) is 2.68. The van der Waals surface area contributed by atoms with Gasteiger partial charge in [0.1, 0.15) is 6.61 Å². The van der Waals surface area contributed by atoms with Crippen molar-refractivity contribution in [2.75, 3.05) is 5.32 Å². The predicted octanol–water partition coefficient (Wildman–Crippen LogP) is 2.73. The maximum Gasteiger partial charge on any atom is 0.333 e. The number of aromatic nitrogens is 1. The smallest absolute Gasteiger partial charge is 0.333 e. The van der Waals surface area contributed by atoms with Crippen LogP contribution in [0.5, 0.6) is 5.75 Å². The summed E-state index contributed by atoms with van der Waals surface area (Å²) >= 11 is 3.40. The molecule has 2 amide bonds. The van der Waals surface area contributed by atoms with Gasteiger partial charge in [-0.25, -0.2) is 10.6 Å². The van der Waals surface area contributed by atoms with Crippen LogP contribution in [-0.4, -0.2) is 11.0 Å². The van der Waals surface area contributed by atoms with Crippen molar-refractivity contribution >= 4 is 27.6 Å². The molecule has 7 heteroatoms. The highest BCUT2D eigenvalue weighted by atomic mass is 79.9. The molecule has 1 aromatic carbocycles. The first-order valence-electron chi connectivity index (χ1n) is 6.20. The summed E-state index contributed by atoms with van der Waals surface area (Å²) in [5.74, 6) is 5.58. The van der Waals surface area contributed by atoms with E-state index in [0.717, 1.165) is 15.7 Å². The number of carbonyl (C=O) groups is 1. The molecule has 2 aromatic rings. The van der Waals surface area contributed by atoms with Gasteiger partial charge >= 0.3 is 6.03 Å². The molecule has 2 rings (SSSR count). The lowest BCUT2D eigenvalue weighted by Crippen LogP contribution is -2.34. The molecule has 0 aliphatic carbocycles. The van der Waals surface area contributed by atoms with E-state index in [1.54, 1.807) is 18.3 Å². The molecule has 21 heavy (non-hydrogen) atoms. The number of halogens is 1. The van der Waals surface area contributed by atoms with E-state index < -0.39 is 6.03 Å². The van der Waals surface area contributed by atoms with Gasteiger partial charge in [0.05, 0.1) is 15.9 Å². The normalized spacial score (nSPS) is 10.0. The third-order valence-corrected chi connectivity index (χ3v) is 3.31. The molecule has 0 atom stereocenters. The SMILES string of the molecule is Cc1ccc(COc2c(Br)cccc2NC(=O)NN)nc1. The third kappa shape index (κ3) is 4.17. The van der Waals surface area contributed by atoms with Gasteiger partial charge in [-0.1, -0.05) is 12.1 Å². The maximum atomic E-state index is 11.3. The maximum absolute atomic E-state index is 11.3. The van der Waals surface area contributed by atoms with Gasteiger partial charge in [0, 0.05) is 6.20 Å². The van der Waals surface area contributed by atoms with E-state index >= 15 is 0 Å². The van der Waals surface area contributed by atoms with E-state index in [9.17, 15) is 4.79 Å². The van der Waals surface area contributed by atoms with E-state index in [4.69, 9.17) is 10.6 Å². The Hall–Kier alpha value is -2.12. The molecular formula is C14H15BrN4O2. The van der Waals surface area contributed by atoms with Gasteiger partial charge in [-0.2, -0.15) is 0 Å². The van der Waals surface area contributed by atoms with Crippen LogP contribution in [0.4, 0.5) is 10.5 Å². The Morgan fingerprint density at radius 1 is 1.38 bits per heavy atom. The minimum atomic E-state index is -0.522. The highest BCUT2D eigenvalue weighted by Gasteiger charge is 2.11. The van der Waals surface area contributed by atoms with Crippen LogP contribution in [0.25, 0.3) is 0 Å². The van der Waals surface area contributed by atoms with Crippen molar-refractivity contribution in [2.45, 2.75) is 13.5 Å². The highest BCUT2D eigenvalue weighted by molar-refractivity contribution is 9.10. The quantitative estimate of drug-likeness (QED) is 0.449. The molecule has 1 heterocycles. The van der Waals surface area contributed by atoms with E-state index in [0.29, 0.717) is 18.0 Å². The molecule has 0 unspecified atom stereocenters. The number of hydrogen-bond acceptors (Lipinski definition) is 4. The van der Waals surface area contributed by atoms with E-state index in [-0.39, 0.29) is 0 Å². The Bertz CT molecular complexity index is 631. The molecule has 6 nitrogen and oxygen atoms in total. The fourth-order valence-electron chi connectivity index (χ4n) is 1.64. The number of ether oxygens (including phenoxy) is 1. The number of benzene rings is 1. The number of amides is 2. The summed E-state index contributed by atoms with van der Waals surface area (Å²) in [4.78, 5) is 15.6. The molecule has 0 aliphatic heterocycles. The summed E-state index contributed by atoms with van der Waals surface area (Å²) in [6.45, 7) is 2.26. The largest absolute Gasteiger partial charge is 0.484 e. The first kappa shape index (κ1) is 15.3. The van der Waals surface area contributed by atoms with Crippen LogP contribution < -0.4 is 21.3 Å². The standard InChI is InChI=1S/C14H15BrN4O2/c1-9-5-6-10(17-7-9)8-21-13-11(15)3-2-4-12(13)18-14(20)19-16/h2-7H,8,16H2,1H3,(H2,18,19,20). The molecule has 0 fully saturated rings. The number of nitrogens with one attached hydrogen (secondary N) is 2. The number of hydrazine groups is 1. The lowest BCUT2D eigenvalue weighted by molar-refractivity contribution is 0.252. The number of urea groups is 1. The van der Waals surface area contributed by atoms with Crippen molar-refractivity contribution in [3.63, 3.8) is 0 Å². The second-order valence-corrected chi connectivity index (χ2v) is 5.18. The highest BCUT2D eigenvalue weighted by Crippen LogP contribution is 2.33. The summed E-state index contributed by atoms with van der Waals surface area (Å²) in [5.41, 5.74) is 4.40. The number of rotatable bonds is 4. The topological polar surface area (TPSA) is 89.3 Å². The number of carbonyl (C=O) groups excluding carboxylic acids is 1. The van der Waals surface area contributed by atoms with Crippen LogP contribution in [-0.2, 0) is 6.61 Å². The Kier molecular flexibility index (Phi) is 5.13. The lowest BCUT2D eigenvalue weighted by atomic mass is 10.2. The monoisotopic (exact) mass is 350 g/mol. The Balaban J connectivity index is 2.14. The van der Waals surface area contributed by atoms with Gasteiger partial charge in [-0.15, -0.1) is 0 Å². The van der Waals surface area contributed by atoms with Crippen molar-refractivity contribution < 1.29 is 9.53 Å². The van der Waals surface area contributed by atoms with Crippen LogP contribution in [0.3, 0.4) is 0 Å². The van der Waals surface area contributed by atoms with Crippen molar-refractivity contribution in [3.05, 3.63) is 52.3 Å². The number of nitrogens with zero attached hydrogens (tertiary/aromatic N) is 1. The summed E-state index contributed by atoms with van der Waals surface area (Å²) in [6, 6.07) is 8.67. The first-order chi connectivity index (χ1) is 10.1. The fourth-order valence-corrected chi connectivity index (χ4v) is 2.12. The molecule has 1 aromatic heterocycles. The summed E-state index contributed by atoms with van der Waals surface area (Å²) in [7, 11) is 0. The number of hydrogen-bond donors (Lipinski definition) is 3. The van der Waals surface area contributed by atoms with Crippen molar-refractivity contribution in [1.82, 2.24) is 10.4 Å². The van der Waals surface area contributed by atoms with Gasteiger partial charge < -0.3 is 10.1 Å². The Morgan fingerprint density at radius 3 is 2.86 bits per heavy atom. The zero-order valence-electron chi connectivity index (χ0n) is 11.4. The van der Waals surface area contributed by atoms with Crippen LogP contribution >= 0.6 is 15.9 Å². The molecule has 0 aliphatic rings. The molecule has 0 saturated heterocycles. The second-order valence-electron chi connectivity index (χ2n) is 4.33. The zero-order chi connectivity index (χ0) is 15.2. The fraction of sp³-hybridized carbons (Fsp3) is 0.143. The van der Waals surface area contributed by atoms with Gasteiger partial charge in [0.25, 0.3) is 0 Å².